The first kappa shape index (κ1) is 22.6. The van der Waals surface area contributed by atoms with Crippen LogP contribution >= 0.6 is 24.0 Å². The number of halogens is 2. The SMILES string of the molecule is Cc1ccc(C2=CC(c3ccccc3)n3nc(NC(=O)c4cccc(Cl)c4)nc3N2)cc1.Cl. The lowest BCUT2D eigenvalue weighted by Gasteiger charge is -2.24. The first-order chi connectivity index (χ1) is 15.6. The second kappa shape index (κ2) is 9.48. The van der Waals surface area contributed by atoms with Gasteiger partial charge in [0, 0.05) is 16.3 Å². The summed E-state index contributed by atoms with van der Waals surface area (Å²) in [4.78, 5) is 17.2. The van der Waals surface area contributed by atoms with Gasteiger partial charge in [0.1, 0.15) is 6.04 Å². The highest BCUT2D eigenvalue weighted by Crippen LogP contribution is 2.33. The summed E-state index contributed by atoms with van der Waals surface area (Å²) < 4.78 is 1.78. The van der Waals surface area contributed by atoms with Crippen molar-refractivity contribution in [3.63, 3.8) is 0 Å². The van der Waals surface area contributed by atoms with Crippen molar-refractivity contribution < 1.29 is 4.79 Å². The molecule has 166 valence electrons. The Balaban J connectivity index is 0.00000259. The molecular formula is C25H21Cl2N5O. The van der Waals surface area contributed by atoms with Crippen LogP contribution in [0.25, 0.3) is 5.70 Å². The lowest BCUT2D eigenvalue weighted by atomic mass is 10.0. The van der Waals surface area contributed by atoms with Crippen molar-refractivity contribution >= 4 is 47.5 Å². The van der Waals surface area contributed by atoms with Gasteiger partial charge in [-0.3, -0.25) is 10.1 Å². The third kappa shape index (κ3) is 4.77. The minimum absolute atomic E-state index is 0. The summed E-state index contributed by atoms with van der Waals surface area (Å²) in [6.07, 6.45) is 2.12. The number of amides is 1. The summed E-state index contributed by atoms with van der Waals surface area (Å²) in [6.45, 7) is 2.06. The highest BCUT2D eigenvalue weighted by atomic mass is 35.5. The molecule has 1 aromatic heterocycles. The van der Waals surface area contributed by atoms with E-state index in [2.05, 4.69) is 70.1 Å². The van der Waals surface area contributed by atoms with Gasteiger partial charge in [-0.2, -0.15) is 4.98 Å². The van der Waals surface area contributed by atoms with E-state index in [1.165, 1.54) is 5.56 Å². The third-order valence-electron chi connectivity index (χ3n) is 5.28. The zero-order valence-electron chi connectivity index (χ0n) is 17.7. The lowest BCUT2D eigenvalue weighted by Crippen LogP contribution is -2.20. The van der Waals surface area contributed by atoms with Crippen LogP contribution in [0.1, 0.15) is 33.1 Å². The molecule has 1 atom stereocenters. The van der Waals surface area contributed by atoms with Crippen molar-refractivity contribution in [3.05, 3.63) is 112 Å². The average molecular weight is 478 g/mol. The smallest absolute Gasteiger partial charge is 0.258 e. The molecule has 5 rings (SSSR count). The zero-order valence-corrected chi connectivity index (χ0v) is 19.3. The van der Waals surface area contributed by atoms with Crippen LogP contribution in [0.4, 0.5) is 11.9 Å². The molecule has 33 heavy (non-hydrogen) atoms. The number of carbonyl (C=O) groups excluding carboxylic acids is 1. The Hall–Kier alpha value is -3.61. The van der Waals surface area contributed by atoms with Crippen molar-refractivity contribution in [2.24, 2.45) is 0 Å². The number of carbonyl (C=O) groups is 1. The zero-order chi connectivity index (χ0) is 22.1. The Morgan fingerprint density at radius 1 is 1.03 bits per heavy atom. The Kier molecular flexibility index (Phi) is 6.49. The molecule has 0 saturated heterocycles. The van der Waals surface area contributed by atoms with Crippen molar-refractivity contribution in [3.8, 4) is 0 Å². The van der Waals surface area contributed by atoms with Gasteiger partial charge < -0.3 is 5.32 Å². The van der Waals surface area contributed by atoms with E-state index in [9.17, 15) is 4.79 Å². The van der Waals surface area contributed by atoms with Crippen LogP contribution in [0.5, 0.6) is 0 Å². The van der Waals surface area contributed by atoms with Crippen LogP contribution in [-0.2, 0) is 0 Å². The van der Waals surface area contributed by atoms with Crippen LogP contribution in [0.15, 0.2) is 84.9 Å². The Morgan fingerprint density at radius 2 is 1.79 bits per heavy atom. The molecule has 4 aromatic rings. The van der Waals surface area contributed by atoms with E-state index in [0.717, 1.165) is 16.8 Å². The minimum atomic E-state index is -0.321. The number of nitrogens with one attached hydrogen (secondary N) is 2. The highest BCUT2D eigenvalue weighted by molar-refractivity contribution is 6.31. The van der Waals surface area contributed by atoms with Gasteiger partial charge in [-0.1, -0.05) is 77.8 Å². The normalized spacial score (nSPS) is 14.4. The topological polar surface area (TPSA) is 71.8 Å². The summed E-state index contributed by atoms with van der Waals surface area (Å²) in [5.41, 5.74) is 4.69. The predicted molar refractivity (Wildman–Crippen MR) is 134 cm³/mol. The molecule has 2 N–H and O–H groups in total. The number of allylic oxidation sites excluding steroid dienone is 1. The molecule has 2 heterocycles. The molecule has 0 bridgehead atoms. The fourth-order valence-electron chi connectivity index (χ4n) is 3.64. The molecule has 1 aliphatic heterocycles. The van der Waals surface area contributed by atoms with Gasteiger partial charge in [0.15, 0.2) is 0 Å². The molecule has 0 aliphatic carbocycles. The molecule has 6 nitrogen and oxygen atoms in total. The minimum Gasteiger partial charge on any atom is -0.324 e. The van der Waals surface area contributed by atoms with Crippen LogP contribution in [-0.4, -0.2) is 20.7 Å². The average Bonchev–Trinajstić information content (AvgIpc) is 3.21. The van der Waals surface area contributed by atoms with Gasteiger partial charge in [-0.15, -0.1) is 17.5 Å². The number of nitrogens with zero attached hydrogens (tertiary/aromatic N) is 3. The Bertz CT molecular complexity index is 1320. The van der Waals surface area contributed by atoms with Gasteiger partial charge in [0.25, 0.3) is 11.9 Å². The van der Waals surface area contributed by atoms with Gasteiger partial charge in [0.2, 0.25) is 5.95 Å². The largest absolute Gasteiger partial charge is 0.324 e. The van der Waals surface area contributed by atoms with Crippen molar-refractivity contribution in [2.45, 2.75) is 13.0 Å². The van der Waals surface area contributed by atoms with Crippen LogP contribution in [0.2, 0.25) is 5.02 Å². The maximum Gasteiger partial charge on any atom is 0.258 e. The van der Waals surface area contributed by atoms with E-state index in [-0.39, 0.29) is 30.3 Å². The van der Waals surface area contributed by atoms with Crippen LogP contribution in [0, 0.1) is 6.92 Å². The van der Waals surface area contributed by atoms with Gasteiger partial charge in [-0.25, -0.2) is 4.68 Å². The summed E-state index contributed by atoms with van der Waals surface area (Å²) in [5.74, 6) is 0.453. The molecule has 1 unspecified atom stereocenters. The highest BCUT2D eigenvalue weighted by Gasteiger charge is 2.26. The summed E-state index contributed by atoms with van der Waals surface area (Å²) in [6, 6.07) is 24.9. The molecule has 0 radical (unpaired) electrons. The van der Waals surface area contributed by atoms with Crippen LogP contribution < -0.4 is 10.6 Å². The Labute approximate surface area is 202 Å². The number of benzene rings is 3. The number of anilines is 2. The summed E-state index contributed by atoms with van der Waals surface area (Å²) >= 11 is 6.01. The first-order valence-corrected chi connectivity index (χ1v) is 10.6. The molecular weight excluding hydrogens is 457 g/mol. The second-order valence-corrected chi connectivity index (χ2v) is 8.03. The molecule has 1 amide bonds. The number of hydrogen-bond acceptors (Lipinski definition) is 4. The molecule has 0 saturated carbocycles. The van der Waals surface area contributed by atoms with E-state index < -0.39 is 0 Å². The lowest BCUT2D eigenvalue weighted by molar-refractivity contribution is 0.102. The van der Waals surface area contributed by atoms with E-state index in [0.29, 0.717) is 16.5 Å². The molecule has 0 fully saturated rings. The fraction of sp³-hybridized carbons (Fsp3) is 0.0800. The van der Waals surface area contributed by atoms with Crippen molar-refractivity contribution in [1.29, 1.82) is 0 Å². The second-order valence-electron chi connectivity index (χ2n) is 7.59. The first-order valence-electron chi connectivity index (χ1n) is 10.2. The van der Waals surface area contributed by atoms with Gasteiger partial charge in [-0.05, 0) is 42.3 Å². The number of fused-ring (bicyclic) bond motifs is 1. The van der Waals surface area contributed by atoms with Crippen molar-refractivity contribution in [2.75, 3.05) is 10.6 Å². The number of hydrogen-bond donors (Lipinski definition) is 2. The third-order valence-corrected chi connectivity index (χ3v) is 5.52. The van der Waals surface area contributed by atoms with E-state index >= 15 is 0 Å². The summed E-state index contributed by atoms with van der Waals surface area (Å²) in [5, 5.41) is 11.2. The molecule has 1 aliphatic rings. The Morgan fingerprint density at radius 3 is 2.52 bits per heavy atom. The van der Waals surface area contributed by atoms with Crippen molar-refractivity contribution in [1.82, 2.24) is 14.8 Å². The monoisotopic (exact) mass is 477 g/mol. The van der Waals surface area contributed by atoms with Gasteiger partial charge >= 0.3 is 0 Å². The number of aryl methyl sites for hydroxylation is 1. The molecule has 8 heteroatoms. The standard InChI is InChI=1S/C25H20ClN5O.ClH/c1-16-10-12-17(13-11-16)21-15-22(18-6-3-2-4-7-18)31-25(27-21)29-24(30-31)28-23(32)19-8-5-9-20(26)14-19;/h2-15,22H,1H3,(H2,27,28,29,30,32);1H. The molecule has 0 spiro atoms. The van der Waals surface area contributed by atoms with Gasteiger partial charge in [0.05, 0.1) is 0 Å². The molecule has 3 aromatic carbocycles. The van der Waals surface area contributed by atoms with E-state index in [1.807, 2.05) is 18.2 Å². The van der Waals surface area contributed by atoms with Crippen LogP contribution in [0.3, 0.4) is 0 Å². The predicted octanol–water partition coefficient (Wildman–Crippen LogP) is 5.97. The maximum absolute atomic E-state index is 12.7. The number of aromatic nitrogens is 3. The quantitative estimate of drug-likeness (QED) is 0.379. The van der Waals surface area contributed by atoms with E-state index in [1.54, 1.807) is 28.9 Å². The number of rotatable bonds is 4. The van der Waals surface area contributed by atoms with E-state index in [4.69, 9.17) is 11.6 Å². The summed E-state index contributed by atoms with van der Waals surface area (Å²) in [7, 11) is 0. The maximum atomic E-state index is 12.7. The fourth-order valence-corrected chi connectivity index (χ4v) is 3.83.